The predicted octanol–water partition coefficient (Wildman–Crippen LogP) is 4.10. The fourth-order valence-electron chi connectivity index (χ4n) is 0. The third-order valence-corrected chi connectivity index (χ3v) is 0. The molecular weight excluding hydrogens is 381 g/mol. The van der Waals surface area contributed by atoms with E-state index in [-0.39, 0.29) is 22.4 Å². The zero-order chi connectivity index (χ0) is 14.4. The van der Waals surface area contributed by atoms with Gasteiger partial charge in [-0.05, 0) is 0 Å². The van der Waals surface area contributed by atoms with Crippen LogP contribution in [0.3, 0.4) is 0 Å². The van der Waals surface area contributed by atoms with Gasteiger partial charge in [-0.25, -0.2) is 0 Å². The summed E-state index contributed by atoms with van der Waals surface area (Å²) in [6, 6.07) is 0. The molecule has 0 aromatic carbocycles. The first-order valence-electron chi connectivity index (χ1n) is 5.08. The Balaban J connectivity index is -0.0000000221. The van der Waals surface area contributed by atoms with Crippen LogP contribution in [-0.4, -0.2) is 56.4 Å². The first kappa shape index (κ1) is 36.0. The normalized spacial score (nSPS) is 6.35. The summed E-state index contributed by atoms with van der Waals surface area (Å²) in [6.45, 7) is 6.25. The van der Waals surface area contributed by atoms with E-state index >= 15 is 0 Å². The van der Waals surface area contributed by atoms with Crippen molar-refractivity contribution < 1.29 is 22.4 Å². The standard InChI is InChI=1S/C4H9.4C2H6N.Ta/c1-4(2)3;4*1-3-2;/h1-3H3;4*1-2H3;/q5*-1;+5. The third kappa shape index (κ3) is 10500. The molecule has 0 rings (SSSR count). The summed E-state index contributed by atoms with van der Waals surface area (Å²) in [7, 11) is 14.0. The van der Waals surface area contributed by atoms with Gasteiger partial charge >= 0.3 is 22.4 Å². The van der Waals surface area contributed by atoms with E-state index < -0.39 is 0 Å². The van der Waals surface area contributed by atoms with E-state index in [1.807, 2.05) is 0 Å². The molecule has 0 atom stereocenters. The van der Waals surface area contributed by atoms with E-state index in [0.29, 0.717) is 0 Å². The maximum absolute atomic E-state index is 3.50. The molecule has 0 aromatic rings. The average Bonchev–Trinajstić information content (AvgIpc) is 2.06. The minimum atomic E-state index is 0. The molecule has 0 saturated carbocycles. The molecular formula is C12H33N4Ta. The Morgan fingerprint density at radius 1 is 0.471 bits per heavy atom. The molecule has 0 saturated heterocycles. The van der Waals surface area contributed by atoms with E-state index in [4.69, 9.17) is 0 Å². The molecule has 0 fully saturated rings. The van der Waals surface area contributed by atoms with Crippen LogP contribution < -0.4 is 0 Å². The molecule has 4 nitrogen and oxygen atoms in total. The fourth-order valence-corrected chi connectivity index (χ4v) is 0. The molecule has 5 heteroatoms. The van der Waals surface area contributed by atoms with Gasteiger partial charge in [0.25, 0.3) is 0 Å². The van der Waals surface area contributed by atoms with Gasteiger partial charge in [-0.3, -0.25) is 0 Å². The Labute approximate surface area is 127 Å². The van der Waals surface area contributed by atoms with Gasteiger partial charge in [0, 0.05) is 0 Å². The zero-order valence-electron chi connectivity index (χ0n) is 13.7. The van der Waals surface area contributed by atoms with Gasteiger partial charge in [0.05, 0.1) is 0 Å². The molecule has 0 aromatic heterocycles. The zero-order valence-corrected chi connectivity index (χ0v) is 16.9. The second-order valence-electron chi connectivity index (χ2n) is 3.29. The van der Waals surface area contributed by atoms with Crippen LogP contribution in [0.25, 0.3) is 21.3 Å². The van der Waals surface area contributed by atoms with Crippen molar-refractivity contribution in [2.24, 2.45) is 0 Å². The van der Waals surface area contributed by atoms with Crippen molar-refractivity contribution in [2.75, 3.05) is 56.4 Å². The Kier molecular flexibility index (Phi) is 148. The van der Waals surface area contributed by atoms with Crippen molar-refractivity contribution in [3.05, 3.63) is 27.2 Å². The minimum Gasteiger partial charge on any atom is -0.668 e. The van der Waals surface area contributed by atoms with Crippen molar-refractivity contribution >= 4 is 0 Å². The van der Waals surface area contributed by atoms with Gasteiger partial charge < -0.3 is 27.2 Å². The topological polar surface area (TPSA) is 56.4 Å². The summed E-state index contributed by atoms with van der Waals surface area (Å²) in [4.78, 5) is 0. The van der Waals surface area contributed by atoms with Crippen LogP contribution in [0.15, 0.2) is 0 Å². The first-order valence-corrected chi connectivity index (χ1v) is 5.08. The number of nitrogens with zero attached hydrogens (tertiary/aromatic N) is 4. The van der Waals surface area contributed by atoms with Crippen LogP contribution in [-0.2, 0) is 22.4 Å². The fraction of sp³-hybridized carbons (Fsp3) is 0.917. The van der Waals surface area contributed by atoms with E-state index in [1.54, 1.807) is 56.4 Å². The maximum Gasteiger partial charge on any atom is 5.00 e. The van der Waals surface area contributed by atoms with Crippen molar-refractivity contribution in [3.8, 4) is 0 Å². The molecule has 0 radical (unpaired) electrons. The second kappa shape index (κ2) is 70.0. The monoisotopic (exact) mass is 414 g/mol. The molecule has 0 bridgehead atoms. The van der Waals surface area contributed by atoms with Crippen molar-refractivity contribution in [1.82, 2.24) is 0 Å². The predicted molar refractivity (Wildman–Crippen MR) is 81.1 cm³/mol. The largest absolute Gasteiger partial charge is 5.00 e. The minimum absolute atomic E-state index is 0. The van der Waals surface area contributed by atoms with Crippen molar-refractivity contribution in [3.63, 3.8) is 0 Å². The van der Waals surface area contributed by atoms with Crippen molar-refractivity contribution in [1.29, 1.82) is 0 Å². The van der Waals surface area contributed by atoms with Gasteiger partial charge in [-0.15, -0.1) is 0 Å². The van der Waals surface area contributed by atoms with Gasteiger partial charge in [-0.1, -0.05) is 0 Å². The summed E-state index contributed by atoms with van der Waals surface area (Å²) in [5, 5.41) is 14.0. The van der Waals surface area contributed by atoms with Crippen LogP contribution in [0, 0.1) is 5.92 Å². The van der Waals surface area contributed by atoms with Gasteiger partial charge in [-0.2, -0.15) is 77.2 Å². The molecule has 0 amide bonds. The number of hydrogen-bond donors (Lipinski definition) is 0. The van der Waals surface area contributed by atoms with Crippen LogP contribution in [0.5, 0.6) is 0 Å². The number of rotatable bonds is 0. The maximum atomic E-state index is 3.50. The first-order chi connectivity index (χ1) is 7.39. The summed E-state index contributed by atoms with van der Waals surface area (Å²) in [5.41, 5.74) is 0. The molecule has 0 aliphatic heterocycles. The quantitative estimate of drug-likeness (QED) is 0.536. The summed E-state index contributed by atoms with van der Waals surface area (Å²) >= 11 is 0. The molecule has 0 aliphatic rings. The molecule has 0 aliphatic carbocycles. The molecule has 17 heavy (non-hydrogen) atoms. The summed E-state index contributed by atoms with van der Waals surface area (Å²) in [5.74, 6) is 1.42. The van der Waals surface area contributed by atoms with Crippen LogP contribution in [0.4, 0.5) is 0 Å². The van der Waals surface area contributed by atoms with Crippen molar-refractivity contribution in [2.45, 2.75) is 20.8 Å². The molecule has 0 unspecified atom stereocenters. The van der Waals surface area contributed by atoms with Gasteiger partial charge in [0.15, 0.2) is 0 Å². The van der Waals surface area contributed by atoms with E-state index in [0.717, 1.165) is 0 Å². The number of hydrogen-bond acceptors (Lipinski definition) is 0. The van der Waals surface area contributed by atoms with E-state index in [9.17, 15) is 0 Å². The van der Waals surface area contributed by atoms with E-state index in [1.165, 1.54) is 5.92 Å². The average molecular weight is 414 g/mol. The van der Waals surface area contributed by atoms with Gasteiger partial charge in [0.1, 0.15) is 0 Å². The second-order valence-corrected chi connectivity index (χ2v) is 3.29. The molecule has 106 valence electrons. The third-order valence-electron chi connectivity index (χ3n) is 0. The van der Waals surface area contributed by atoms with Crippen LogP contribution >= 0.6 is 0 Å². The Morgan fingerprint density at radius 3 is 0.471 bits per heavy atom. The summed E-state index contributed by atoms with van der Waals surface area (Å²) < 4.78 is 0. The van der Waals surface area contributed by atoms with Gasteiger partial charge in [0.2, 0.25) is 0 Å². The molecule has 0 spiro atoms. The smallest absolute Gasteiger partial charge is 0.668 e. The Bertz CT molecular complexity index is 45.0. The Morgan fingerprint density at radius 2 is 0.471 bits per heavy atom. The molecule has 0 N–H and O–H groups in total. The van der Waals surface area contributed by atoms with Crippen LogP contribution in [0.1, 0.15) is 20.8 Å². The molecule has 0 heterocycles. The SMILES string of the molecule is C[C-](C)C.C[N-]C.C[N-]C.C[N-]C.C[N-]C.[Ta+5]. The van der Waals surface area contributed by atoms with Crippen LogP contribution in [0.2, 0.25) is 0 Å². The van der Waals surface area contributed by atoms with E-state index in [2.05, 4.69) is 42.0 Å². The Hall–Kier alpha value is 0.580. The summed E-state index contributed by atoms with van der Waals surface area (Å²) in [6.07, 6.45) is 0.